The number of aromatic nitrogens is 2. The molecule has 1 saturated heterocycles. The summed E-state index contributed by atoms with van der Waals surface area (Å²) in [5, 5.41) is 4.15. The maximum Gasteiger partial charge on any atom is 0.494 e. The number of halogens is 3. The molecular weight excluding hydrogens is 356 g/mol. The summed E-state index contributed by atoms with van der Waals surface area (Å²) >= 11 is 0. The normalized spacial score (nSPS) is 19.1. The minimum Gasteiger partial charge on any atom is -0.399 e. The number of hydrogen-bond donors (Lipinski definition) is 0. The summed E-state index contributed by atoms with van der Waals surface area (Å²) in [5.74, 6) is 0. The lowest BCUT2D eigenvalue weighted by Gasteiger charge is -2.32. The molecule has 0 N–H and O–H groups in total. The van der Waals surface area contributed by atoms with E-state index in [1.807, 2.05) is 41.5 Å². The summed E-state index contributed by atoms with van der Waals surface area (Å²) in [5.41, 5.74) is -1.10. The predicted molar refractivity (Wildman–Crippen MR) is 98.8 cm³/mol. The van der Waals surface area contributed by atoms with Gasteiger partial charge in [-0.25, -0.2) is 0 Å². The highest BCUT2D eigenvalue weighted by Crippen LogP contribution is 2.39. The molecule has 2 heterocycles. The molecule has 1 aliphatic rings. The van der Waals surface area contributed by atoms with Crippen molar-refractivity contribution in [1.82, 2.24) is 9.78 Å². The fourth-order valence-electron chi connectivity index (χ4n) is 3.08. The second kappa shape index (κ2) is 6.38. The first kappa shape index (κ1) is 20.0. The number of rotatable bonds is 3. The van der Waals surface area contributed by atoms with Crippen LogP contribution in [0.3, 0.4) is 0 Å². The van der Waals surface area contributed by atoms with Crippen LogP contribution in [0.15, 0.2) is 30.5 Å². The van der Waals surface area contributed by atoms with Gasteiger partial charge in [0.25, 0.3) is 0 Å². The standard InChI is InChI=1S/C19H24BF3N2O2/c1-12(2)25-16(9-10-24-25)14-8-7-13(11-15(14)19(21,22)23)20-26-17(3,4)18(5,6)27-20/h7-12H,1-6H3. The van der Waals surface area contributed by atoms with Gasteiger partial charge in [0.1, 0.15) is 0 Å². The Balaban J connectivity index is 2.08. The van der Waals surface area contributed by atoms with Gasteiger partial charge >= 0.3 is 13.3 Å². The average molecular weight is 380 g/mol. The topological polar surface area (TPSA) is 36.3 Å². The lowest BCUT2D eigenvalue weighted by Crippen LogP contribution is -2.41. The SMILES string of the molecule is CC(C)n1nccc1-c1ccc(B2OC(C)(C)C(C)(C)O2)cc1C(F)(F)F. The van der Waals surface area contributed by atoms with Gasteiger partial charge in [-0.05, 0) is 59.1 Å². The second-order valence-corrected chi connectivity index (χ2v) is 8.15. The molecule has 146 valence electrons. The van der Waals surface area contributed by atoms with E-state index in [4.69, 9.17) is 9.31 Å². The molecule has 1 fully saturated rings. The van der Waals surface area contributed by atoms with E-state index in [9.17, 15) is 13.2 Å². The van der Waals surface area contributed by atoms with Crippen molar-refractivity contribution in [2.24, 2.45) is 0 Å². The van der Waals surface area contributed by atoms with Crippen LogP contribution >= 0.6 is 0 Å². The smallest absolute Gasteiger partial charge is 0.399 e. The molecule has 1 aliphatic heterocycles. The van der Waals surface area contributed by atoms with Crippen LogP contribution in [-0.4, -0.2) is 28.1 Å². The fraction of sp³-hybridized carbons (Fsp3) is 0.526. The van der Waals surface area contributed by atoms with Gasteiger partial charge in [-0.1, -0.05) is 12.1 Å². The summed E-state index contributed by atoms with van der Waals surface area (Å²) < 4.78 is 54.9. The fourth-order valence-corrected chi connectivity index (χ4v) is 3.08. The van der Waals surface area contributed by atoms with Crippen molar-refractivity contribution in [1.29, 1.82) is 0 Å². The molecule has 0 bridgehead atoms. The number of alkyl halides is 3. The Morgan fingerprint density at radius 3 is 2.15 bits per heavy atom. The first-order valence-electron chi connectivity index (χ1n) is 8.94. The van der Waals surface area contributed by atoms with E-state index in [2.05, 4.69) is 5.10 Å². The molecule has 0 aliphatic carbocycles. The molecule has 8 heteroatoms. The van der Waals surface area contributed by atoms with Crippen LogP contribution < -0.4 is 5.46 Å². The zero-order valence-electron chi connectivity index (χ0n) is 16.4. The van der Waals surface area contributed by atoms with Gasteiger partial charge in [0, 0.05) is 17.8 Å². The highest BCUT2D eigenvalue weighted by molar-refractivity contribution is 6.62. The molecule has 0 atom stereocenters. The quantitative estimate of drug-likeness (QED) is 0.739. The Morgan fingerprint density at radius 1 is 1.04 bits per heavy atom. The molecular formula is C19H24BF3N2O2. The number of nitrogens with zero attached hydrogens (tertiary/aromatic N) is 2. The van der Waals surface area contributed by atoms with E-state index >= 15 is 0 Å². The van der Waals surface area contributed by atoms with Crippen LogP contribution in [-0.2, 0) is 15.5 Å². The van der Waals surface area contributed by atoms with Crippen LogP contribution in [0.4, 0.5) is 13.2 Å². The predicted octanol–water partition coefficient (Wildman–Crippen LogP) is 4.45. The molecule has 0 unspecified atom stereocenters. The van der Waals surface area contributed by atoms with Crippen LogP contribution in [0, 0.1) is 0 Å². The van der Waals surface area contributed by atoms with Crippen LogP contribution in [0.2, 0.25) is 0 Å². The van der Waals surface area contributed by atoms with E-state index in [0.29, 0.717) is 11.2 Å². The van der Waals surface area contributed by atoms with Gasteiger partial charge in [0.15, 0.2) is 0 Å². The molecule has 4 nitrogen and oxygen atoms in total. The third kappa shape index (κ3) is 3.52. The monoisotopic (exact) mass is 380 g/mol. The van der Waals surface area contributed by atoms with Crippen molar-refractivity contribution < 1.29 is 22.5 Å². The zero-order valence-corrected chi connectivity index (χ0v) is 16.4. The molecule has 1 aromatic heterocycles. The third-order valence-electron chi connectivity index (χ3n) is 5.31. The van der Waals surface area contributed by atoms with Crippen molar-refractivity contribution >= 4 is 12.6 Å². The van der Waals surface area contributed by atoms with Crippen LogP contribution in [0.1, 0.15) is 53.1 Å². The van der Waals surface area contributed by atoms with E-state index in [0.717, 1.165) is 6.07 Å². The summed E-state index contributed by atoms with van der Waals surface area (Å²) in [6.45, 7) is 11.2. The molecule has 27 heavy (non-hydrogen) atoms. The van der Waals surface area contributed by atoms with Gasteiger partial charge in [0.05, 0.1) is 22.5 Å². The van der Waals surface area contributed by atoms with Crippen molar-refractivity contribution in [2.45, 2.75) is 65.0 Å². The molecule has 0 spiro atoms. The Labute approximate surface area is 157 Å². The first-order chi connectivity index (χ1) is 12.3. The molecule has 0 radical (unpaired) electrons. The van der Waals surface area contributed by atoms with E-state index in [1.54, 1.807) is 16.8 Å². The Kier molecular flexibility index (Phi) is 4.71. The van der Waals surface area contributed by atoms with Crippen molar-refractivity contribution in [2.75, 3.05) is 0 Å². The first-order valence-corrected chi connectivity index (χ1v) is 8.94. The molecule has 0 amide bonds. The zero-order chi connectivity index (χ0) is 20.2. The lowest BCUT2D eigenvalue weighted by atomic mass is 9.77. The summed E-state index contributed by atoms with van der Waals surface area (Å²) in [6, 6.07) is 5.76. The van der Waals surface area contributed by atoms with Gasteiger partial charge < -0.3 is 9.31 Å². The van der Waals surface area contributed by atoms with Gasteiger partial charge in [0.2, 0.25) is 0 Å². The van der Waals surface area contributed by atoms with Crippen molar-refractivity contribution in [3.63, 3.8) is 0 Å². The summed E-state index contributed by atoms with van der Waals surface area (Å²) in [4.78, 5) is 0. The van der Waals surface area contributed by atoms with E-state index in [-0.39, 0.29) is 11.6 Å². The Hall–Kier alpha value is -1.80. The third-order valence-corrected chi connectivity index (χ3v) is 5.31. The Bertz CT molecular complexity index is 828. The van der Waals surface area contributed by atoms with E-state index in [1.165, 1.54) is 12.3 Å². The summed E-state index contributed by atoms with van der Waals surface area (Å²) in [7, 11) is -0.847. The van der Waals surface area contributed by atoms with Crippen molar-refractivity contribution in [3.05, 3.63) is 36.0 Å². The summed E-state index contributed by atoms with van der Waals surface area (Å²) in [6.07, 6.45) is -3.00. The minimum atomic E-state index is -4.51. The number of benzene rings is 1. The highest BCUT2D eigenvalue weighted by Gasteiger charge is 2.52. The van der Waals surface area contributed by atoms with Crippen LogP contribution in [0.5, 0.6) is 0 Å². The number of hydrogen-bond acceptors (Lipinski definition) is 3. The molecule has 1 aromatic carbocycles. The highest BCUT2D eigenvalue weighted by atomic mass is 19.4. The van der Waals surface area contributed by atoms with Crippen molar-refractivity contribution in [3.8, 4) is 11.3 Å². The minimum absolute atomic E-state index is 0.0566. The van der Waals surface area contributed by atoms with Crippen LogP contribution in [0.25, 0.3) is 11.3 Å². The lowest BCUT2D eigenvalue weighted by molar-refractivity contribution is -0.137. The second-order valence-electron chi connectivity index (χ2n) is 8.15. The maximum atomic E-state index is 13.8. The molecule has 3 rings (SSSR count). The average Bonchev–Trinajstić information content (AvgIpc) is 3.09. The Morgan fingerprint density at radius 2 is 1.63 bits per heavy atom. The van der Waals surface area contributed by atoms with E-state index < -0.39 is 30.1 Å². The maximum absolute atomic E-state index is 13.8. The van der Waals surface area contributed by atoms with Gasteiger partial charge in [-0.15, -0.1) is 0 Å². The van der Waals surface area contributed by atoms with Gasteiger partial charge in [-0.3, -0.25) is 4.68 Å². The largest absolute Gasteiger partial charge is 0.494 e. The molecule has 0 saturated carbocycles. The molecule has 2 aromatic rings. The van der Waals surface area contributed by atoms with Gasteiger partial charge in [-0.2, -0.15) is 18.3 Å².